The normalized spacial score (nSPS) is 23.8. The summed E-state index contributed by atoms with van der Waals surface area (Å²) in [6.45, 7) is 2.03. The summed E-state index contributed by atoms with van der Waals surface area (Å²) >= 11 is 12.2. The van der Waals surface area contributed by atoms with Crippen molar-refractivity contribution in [1.82, 2.24) is 15.1 Å². The highest BCUT2D eigenvalue weighted by molar-refractivity contribution is 6.35. The van der Waals surface area contributed by atoms with E-state index in [0.29, 0.717) is 41.2 Å². The lowest BCUT2D eigenvalue weighted by atomic mass is 10.0. The lowest BCUT2D eigenvalue weighted by Gasteiger charge is -2.36. The van der Waals surface area contributed by atoms with E-state index < -0.39 is 6.04 Å². The molecule has 1 aromatic carbocycles. The highest BCUT2D eigenvalue weighted by atomic mass is 35.5. The van der Waals surface area contributed by atoms with Crippen molar-refractivity contribution in [2.45, 2.75) is 37.8 Å². The summed E-state index contributed by atoms with van der Waals surface area (Å²) in [6, 6.07) is 4.76. The van der Waals surface area contributed by atoms with Crippen LogP contribution in [0.25, 0.3) is 0 Å². The summed E-state index contributed by atoms with van der Waals surface area (Å²) in [4.78, 5) is 29.5. The van der Waals surface area contributed by atoms with Gasteiger partial charge in [-0.25, -0.2) is 0 Å². The SMILES string of the molecule is CNC1CCCN(C(=O)C2CCCN2C(=O)c2cc(Cl)ccc2Cl)C1. The van der Waals surface area contributed by atoms with Gasteiger partial charge in [-0.05, 0) is 50.9 Å². The fraction of sp³-hybridized carbons (Fsp3) is 0.556. The van der Waals surface area contributed by atoms with Crippen molar-refractivity contribution in [3.63, 3.8) is 0 Å². The molecule has 2 unspecified atom stereocenters. The number of hydrogen-bond donors (Lipinski definition) is 1. The molecule has 0 radical (unpaired) electrons. The number of likely N-dealkylation sites (N-methyl/N-ethyl adjacent to an activating group) is 1. The molecule has 1 aromatic rings. The number of nitrogens with zero attached hydrogens (tertiary/aromatic N) is 2. The topological polar surface area (TPSA) is 52.7 Å². The molecule has 2 atom stereocenters. The van der Waals surface area contributed by atoms with Gasteiger partial charge in [0.25, 0.3) is 5.91 Å². The molecule has 136 valence electrons. The first-order chi connectivity index (χ1) is 12.0. The van der Waals surface area contributed by atoms with Crippen molar-refractivity contribution >= 4 is 35.0 Å². The molecule has 0 bridgehead atoms. The highest BCUT2D eigenvalue weighted by Gasteiger charge is 2.38. The van der Waals surface area contributed by atoms with E-state index in [0.717, 1.165) is 25.8 Å². The fourth-order valence-corrected chi connectivity index (χ4v) is 4.08. The predicted octanol–water partition coefficient (Wildman–Crippen LogP) is 2.81. The van der Waals surface area contributed by atoms with Crippen molar-refractivity contribution in [2.24, 2.45) is 0 Å². The lowest BCUT2D eigenvalue weighted by molar-refractivity contribution is -0.136. The van der Waals surface area contributed by atoms with Crippen LogP contribution in [0.4, 0.5) is 0 Å². The van der Waals surface area contributed by atoms with Crippen LogP contribution in [0.5, 0.6) is 0 Å². The molecular weight excluding hydrogens is 361 g/mol. The maximum atomic E-state index is 13.0. The number of piperidine rings is 1. The van der Waals surface area contributed by atoms with Crippen LogP contribution in [0.15, 0.2) is 18.2 Å². The molecule has 2 amide bonds. The molecule has 5 nitrogen and oxygen atoms in total. The van der Waals surface area contributed by atoms with Crippen LogP contribution in [0.1, 0.15) is 36.0 Å². The molecule has 0 spiro atoms. The van der Waals surface area contributed by atoms with Crippen molar-refractivity contribution in [3.8, 4) is 0 Å². The van der Waals surface area contributed by atoms with Crippen LogP contribution >= 0.6 is 23.2 Å². The molecule has 0 saturated carbocycles. The molecule has 25 heavy (non-hydrogen) atoms. The summed E-state index contributed by atoms with van der Waals surface area (Å²) in [7, 11) is 1.92. The minimum Gasteiger partial charge on any atom is -0.339 e. The van der Waals surface area contributed by atoms with Gasteiger partial charge in [-0.15, -0.1) is 0 Å². The molecule has 2 aliphatic rings. The third-order valence-electron chi connectivity index (χ3n) is 5.10. The second kappa shape index (κ2) is 7.94. The lowest BCUT2D eigenvalue weighted by Crippen LogP contribution is -2.53. The Balaban J connectivity index is 1.76. The van der Waals surface area contributed by atoms with Gasteiger partial charge < -0.3 is 15.1 Å². The number of nitrogens with one attached hydrogen (secondary N) is 1. The number of hydrogen-bond acceptors (Lipinski definition) is 3. The molecule has 2 heterocycles. The Labute approximate surface area is 158 Å². The molecular formula is C18H23Cl2N3O2. The van der Waals surface area contributed by atoms with Crippen LogP contribution in [0.2, 0.25) is 10.0 Å². The predicted molar refractivity (Wildman–Crippen MR) is 99.2 cm³/mol. The Morgan fingerprint density at radius 1 is 1.16 bits per heavy atom. The quantitative estimate of drug-likeness (QED) is 0.872. The van der Waals surface area contributed by atoms with E-state index in [2.05, 4.69) is 5.32 Å². The first-order valence-corrected chi connectivity index (χ1v) is 9.49. The second-order valence-corrected chi connectivity index (χ2v) is 7.54. The largest absolute Gasteiger partial charge is 0.339 e. The van der Waals surface area contributed by atoms with Gasteiger partial charge in [-0.1, -0.05) is 23.2 Å². The number of halogens is 2. The Hall–Kier alpha value is -1.30. The van der Waals surface area contributed by atoms with Gasteiger partial charge >= 0.3 is 0 Å². The van der Waals surface area contributed by atoms with E-state index in [1.165, 1.54) is 0 Å². The molecule has 0 aliphatic carbocycles. The molecule has 2 saturated heterocycles. The van der Waals surface area contributed by atoms with Gasteiger partial charge in [-0.3, -0.25) is 9.59 Å². The number of benzene rings is 1. The van der Waals surface area contributed by atoms with Crippen LogP contribution in [-0.4, -0.2) is 60.4 Å². The third kappa shape index (κ3) is 3.94. The van der Waals surface area contributed by atoms with E-state index in [4.69, 9.17) is 23.2 Å². The summed E-state index contributed by atoms with van der Waals surface area (Å²) in [5.41, 5.74) is 0.362. The van der Waals surface area contributed by atoms with Gasteiger partial charge in [-0.2, -0.15) is 0 Å². The molecule has 2 fully saturated rings. The van der Waals surface area contributed by atoms with Gasteiger partial charge in [0, 0.05) is 30.7 Å². The number of carbonyl (C=O) groups excluding carboxylic acids is 2. The Morgan fingerprint density at radius 2 is 1.92 bits per heavy atom. The first kappa shape index (κ1) is 18.5. The average Bonchev–Trinajstić information content (AvgIpc) is 3.12. The summed E-state index contributed by atoms with van der Waals surface area (Å²) in [6.07, 6.45) is 3.58. The summed E-state index contributed by atoms with van der Waals surface area (Å²) in [5, 5.41) is 4.07. The van der Waals surface area contributed by atoms with E-state index in [-0.39, 0.29) is 11.8 Å². The minimum atomic E-state index is -0.404. The maximum absolute atomic E-state index is 13.0. The zero-order chi connectivity index (χ0) is 18.0. The average molecular weight is 384 g/mol. The van der Waals surface area contributed by atoms with E-state index in [9.17, 15) is 9.59 Å². The molecule has 2 aliphatic heterocycles. The van der Waals surface area contributed by atoms with Gasteiger partial charge in [0.1, 0.15) is 6.04 Å². The summed E-state index contributed by atoms with van der Waals surface area (Å²) in [5.74, 6) is -0.172. The highest BCUT2D eigenvalue weighted by Crippen LogP contribution is 2.27. The Kier molecular flexibility index (Phi) is 5.87. The van der Waals surface area contributed by atoms with E-state index in [1.54, 1.807) is 23.1 Å². The van der Waals surface area contributed by atoms with Crippen molar-refractivity contribution in [1.29, 1.82) is 0 Å². The fourth-order valence-electron chi connectivity index (χ4n) is 3.71. The van der Waals surface area contributed by atoms with E-state index >= 15 is 0 Å². The van der Waals surface area contributed by atoms with Gasteiger partial charge in [0.15, 0.2) is 0 Å². The molecule has 1 N–H and O–H groups in total. The smallest absolute Gasteiger partial charge is 0.256 e. The van der Waals surface area contributed by atoms with Crippen molar-refractivity contribution < 1.29 is 9.59 Å². The van der Waals surface area contributed by atoms with Crippen molar-refractivity contribution in [3.05, 3.63) is 33.8 Å². The molecule has 0 aromatic heterocycles. The van der Waals surface area contributed by atoms with Crippen molar-refractivity contribution in [2.75, 3.05) is 26.7 Å². The Morgan fingerprint density at radius 3 is 2.68 bits per heavy atom. The van der Waals surface area contributed by atoms with Crippen LogP contribution < -0.4 is 5.32 Å². The van der Waals surface area contributed by atoms with Gasteiger partial charge in [0.2, 0.25) is 5.91 Å². The standard InChI is InChI=1S/C18H23Cl2N3O2/c1-21-13-4-2-8-22(11-13)18(25)16-5-3-9-23(16)17(24)14-10-12(19)6-7-15(14)20/h6-7,10,13,16,21H,2-5,8-9,11H2,1H3. The summed E-state index contributed by atoms with van der Waals surface area (Å²) < 4.78 is 0. The van der Waals surface area contributed by atoms with Crippen LogP contribution in [0, 0.1) is 0 Å². The number of rotatable bonds is 3. The monoisotopic (exact) mass is 383 g/mol. The first-order valence-electron chi connectivity index (χ1n) is 8.73. The number of carbonyl (C=O) groups is 2. The second-order valence-electron chi connectivity index (χ2n) is 6.69. The van der Waals surface area contributed by atoms with Crippen LogP contribution in [-0.2, 0) is 4.79 Å². The molecule has 3 rings (SSSR count). The number of amides is 2. The number of likely N-dealkylation sites (tertiary alicyclic amines) is 2. The Bertz CT molecular complexity index is 668. The zero-order valence-corrected chi connectivity index (χ0v) is 15.8. The molecule has 7 heteroatoms. The minimum absolute atomic E-state index is 0.0453. The maximum Gasteiger partial charge on any atom is 0.256 e. The van der Waals surface area contributed by atoms with E-state index in [1.807, 2.05) is 11.9 Å². The zero-order valence-electron chi connectivity index (χ0n) is 14.3. The third-order valence-corrected chi connectivity index (χ3v) is 5.66. The van der Waals surface area contributed by atoms with Crippen LogP contribution in [0.3, 0.4) is 0 Å². The van der Waals surface area contributed by atoms with Gasteiger partial charge in [0.05, 0.1) is 10.6 Å².